The van der Waals surface area contributed by atoms with Crippen LogP contribution in [-0.4, -0.2) is 39.9 Å². The van der Waals surface area contributed by atoms with E-state index in [4.69, 9.17) is 0 Å². The van der Waals surface area contributed by atoms with E-state index < -0.39 is 37.0 Å². The maximum atomic E-state index is 13.3. The Morgan fingerprint density at radius 1 is 0.811 bits per heavy atom. The molecule has 1 amide bonds. The fourth-order valence-electron chi connectivity index (χ4n) is 4.12. The van der Waals surface area contributed by atoms with Crippen molar-refractivity contribution in [1.29, 1.82) is 0 Å². The zero-order chi connectivity index (χ0) is 26.0. The Balaban J connectivity index is 0.00000481. The van der Waals surface area contributed by atoms with E-state index in [0.29, 0.717) is 12.8 Å². The van der Waals surface area contributed by atoms with Gasteiger partial charge >= 0.3 is 5.97 Å². The van der Waals surface area contributed by atoms with Crippen molar-refractivity contribution in [2.75, 3.05) is 6.16 Å². The van der Waals surface area contributed by atoms with Crippen LogP contribution < -0.4 is 28.0 Å². The molecule has 0 heterocycles. The van der Waals surface area contributed by atoms with Crippen LogP contribution in [0.15, 0.2) is 91.0 Å². The number of nitrogens with one attached hydrogen (secondary N) is 1. The van der Waals surface area contributed by atoms with E-state index in [0.717, 1.165) is 16.7 Å². The average Bonchev–Trinajstić information content (AvgIpc) is 2.88. The van der Waals surface area contributed by atoms with E-state index in [1.54, 1.807) is 24.3 Å². The monoisotopic (exact) mass is 588 g/mol. The molecule has 0 aliphatic rings. The van der Waals surface area contributed by atoms with Crippen LogP contribution in [0.2, 0.25) is 0 Å². The largest absolute Gasteiger partial charge is 1.00 e. The number of quaternary nitrogens is 1. The molecule has 0 saturated heterocycles. The third-order valence-electron chi connectivity index (χ3n) is 6.25. The first-order valence-electron chi connectivity index (χ1n) is 12.0. The topological polar surface area (TPSA) is 131 Å². The Bertz CT molecular complexity index is 1160. The number of halogens is 1. The first-order chi connectivity index (χ1) is 17.2. The molecule has 0 bridgehead atoms. The lowest BCUT2D eigenvalue weighted by Crippen LogP contribution is -3.00. The molecule has 0 aliphatic heterocycles. The Morgan fingerprint density at radius 2 is 1.27 bits per heavy atom. The van der Waals surface area contributed by atoms with Crippen LogP contribution in [0.25, 0.3) is 0 Å². The zero-order valence-electron chi connectivity index (χ0n) is 20.6. The highest BCUT2D eigenvalue weighted by Gasteiger charge is 2.37. The van der Waals surface area contributed by atoms with Crippen molar-refractivity contribution >= 4 is 19.2 Å². The van der Waals surface area contributed by atoms with Crippen molar-refractivity contribution in [3.8, 4) is 0 Å². The number of hydrogen-bond donors (Lipinski definition) is 4. The number of hydrogen-bond acceptors (Lipinski definition) is 3. The first kappa shape index (κ1) is 30.5. The van der Waals surface area contributed by atoms with Gasteiger partial charge in [0, 0.05) is 19.0 Å². The van der Waals surface area contributed by atoms with Gasteiger partial charge in [-0.05, 0) is 29.5 Å². The number of carboxylic acid groups (broad SMARTS) is 1. The summed E-state index contributed by atoms with van der Waals surface area (Å²) in [6.07, 6.45) is 1.08. The minimum absolute atomic E-state index is 0. The maximum absolute atomic E-state index is 13.3. The molecule has 0 fully saturated rings. The van der Waals surface area contributed by atoms with Crippen molar-refractivity contribution in [3.63, 3.8) is 0 Å². The lowest BCUT2D eigenvalue weighted by Gasteiger charge is -2.24. The molecular formula is C28H34BrN2O5P. The van der Waals surface area contributed by atoms with Crippen molar-refractivity contribution < 1.29 is 46.9 Å². The van der Waals surface area contributed by atoms with Crippen molar-refractivity contribution in [3.05, 3.63) is 108 Å². The Morgan fingerprint density at radius 3 is 1.76 bits per heavy atom. The molecule has 9 heteroatoms. The Hall–Kier alpha value is -2.77. The van der Waals surface area contributed by atoms with E-state index in [2.05, 4.69) is 11.1 Å². The molecule has 7 nitrogen and oxygen atoms in total. The summed E-state index contributed by atoms with van der Waals surface area (Å²) in [6.45, 7) is 0. The van der Waals surface area contributed by atoms with Gasteiger partial charge in [0.25, 0.3) is 7.37 Å². The lowest BCUT2D eigenvalue weighted by molar-refractivity contribution is -0.392. The minimum atomic E-state index is -3.82. The van der Waals surface area contributed by atoms with Gasteiger partial charge in [-0.1, -0.05) is 91.0 Å². The van der Waals surface area contributed by atoms with Crippen molar-refractivity contribution in [2.24, 2.45) is 5.92 Å². The van der Waals surface area contributed by atoms with Crippen molar-refractivity contribution in [2.45, 2.75) is 37.5 Å². The number of aliphatic carboxylic acids is 1. The number of amides is 1. The SMILES string of the molecule is [Br-].[NH3+][C@@H](CCc1ccccc1)P(=O)(O)C[C@@H](Cc1ccccc1)C(=O)N[C@@H](Cc1ccccc1)C(=O)O. The molecule has 37 heavy (non-hydrogen) atoms. The summed E-state index contributed by atoms with van der Waals surface area (Å²) >= 11 is 0. The molecule has 0 saturated carbocycles. The highest BCUT2D eigenvalue weighted by molar-refractivity contribution is 7.58. The van der Waals surface area contributed by atoms with Gasteiger partial charge < -0.3 is 38.0 Å². The maximum Gasteiger partial charge on any atom is 0.326 e. The fourth-order valence-corrected chi connectivity index (χ4v) is 5.88. The quantitative estimate of drug-likeness (QED) is 0.211. The number of benzene rings is 3. The minimum Gasteiger partial charge on any atom is -1.00 e. The van der Waals surface area contributed by atoms with E-state index >= 15 is 0 Å². The summed E-state index contributed by atoms with van der Waals surface area (Å²) in [6, 6.07) is 26.8. The second-order valence-corrected chi connectivity index (χ2v) is 11.7. The third-order valence-corrected chi connectivity index (χ3v) is 8.62. The van der Waals surface area contributed by atoms with Crippen LogP contribution in [0.3, 0.4) is 0 Å². The van der Waals surface area contributed by atoms with Crippen molar-refractivity contribution in [1.82, 2.24) is 5.32 Å². The molecule has 0 radical (unpaired) electrons. The van der Waals surface area contributed by atoms with Gasteiger partial charge in [0.2, 0.25) is 5.91 Å². The number of carbonyl (C=O) groups is 2. The van der Waals surface area contributed by atoms with Crippen LogP contribution in [0.1, 0.15) is 23.1 Å². The van der Waals surface area contributed by atoms with Gasteiger partial charge in [-0.3, -0.25) is 9.36 Å². The zero-order valence-corrected chi connectivity index (χ0v) is 23.1. The van der Waals surface area contributed by atoms with Crippen LogP contribution >= 0.6 is 7.37 Å². The number of rotatable bonds is 13. The predicted octanol–water partition coefficient (Wildman–Crippen LogP) is 0.133. The smallest absolute Gasteiger partial charge is 0.326 e. The van der Waals surface area contributed by atoms with E-state index in [9.17, 15) is 24.2 Å². The highest BCUT2D eigenvalue weighted by atomic mass is 79.9. The molecule has 0 aromatic heterocycles. The average molecular weight is 589 g/mol. The summed E-state index contributed by atoms with van der Waals surface area (Å²) in [4.78, 5) is 36.1. The van der Waals surface area contributed by atoms with Crippen LogP contribution in [-0.2, 0) is 33.4 Å². The number of carbonyl (C=O) groups excluding carboxylic acids is 1. The third kappa shape index (κ3) is 9.90. The van der Waals surface area contributed by atoms with Gasteiger partial charge in [0.1, 0.15) is 6.04 Å². The molecule has 0 aliphatic carbocycles. The molecule has 3 aromatic rings. The second-order valence-electron chi connectivity index (χ2n) is 9.09. The fraction of sp³-hybridized carbons (Fsp3) is 0.286. The summed E-state index contributed by atoms with van der Waals surface area (Å²) in [5, 5.41) is 12.3. The van der Waals surface area contributed by atoms with Crippen LogP contribution in [0.4, 0.5) is 0 Å². The highest BCUT2D eigenvalue weighted by Crippen LogP contribution is 2.47. The Kier molecular flexibility index (Phi) is 12.2. The molecule has 1 unspecified atom stereocenters. The molecular weight excluding hydrogens is 555 g/mol. The number of carboxylic acids is 1. The predicted molar refractivity (Wildman–Crippen MR) is 139 cm³/mol. The molecule has 6 N–H and O–H groups in total. The summed E-state index contributed by atoms with van der Waals surface area (Å²) in [5.74, 6) is -3.33. The Labute approximate surface area is 228 Å². The van der Waals surface area contributed by atoms with Gasteiger partial charge in [-0.2, -0.15) is 0 Å². The summed E-state index contributed by atoms with van der Waals surface area (Å²) < 4.78 is 13.3. The first-order valence-corrected chi connectivity index (χ1v) is 14.0. The molecule has 3 aromatic carbocycles. The molecule has 198 valence electrons. The van der Waals surface area contributed by atoms with Gasteiger partial charge in [-0.25, -0.2) is 4.79 Å². The molecule has 3 rings (SSSR count). The van der Waals surface area contributed by atoms with Gasteiger partial charge in [-0.15, -0.1) is 0 Å². The van der Waals surface area contributed by atoms with Gasteiger partial charge in [0.15, 0.2) is 5.78 Å². The van der Waals surface area contributed by atoms with Crippen LogP contribution in [0, 0.1) is 5.92 Å². The van der Waals surface area contributed by atoms with Crippen LogP contribution in [0.5, 0.6) is 0 Å². The van der Waals surface area contributed by atoms with E-state index in [-0.39, 0.29) is 36.0 Å². The molecule has 4 atom stereocenters. The normalized spacial score (nSPS) is 14.9. The van der Waals surface area contributed by atoms with E-state index in [1.165, 1.54) is 0 Å². The number of aryl methyl sites for hydroxylation is 1. The standard InChI is InChI=1S/C28H33N2O5P.BrH/c29-26(17-16-21-10-4-1-5-11-21)36(34,35)20-24(18-22-12-6-2-7-13-22)27(31)30-25(28(32)33)19-23-14-8-3-9-15-23;/h1-15,24-26H,16-20,29H2,(H,30,31)(H,32,33)(H,34,35);1H/t24-,25+,26-;/m1./s1. The van der Waals surface area contributed by atoms with E-state index in [1.807, 2.05) is 66.7 Å². The van der Waals surface area contributed by atoms with Gasteiger partial charge in [0.05, 0.1) is 5.92 Å². The lowest BCUT2D eigenvalue weighted by atomic mass is 9.99. The summed E-state index contributed by atoms with van der Waals surface area (Å²) in [7, 11) is -3.82. The second kappa shape index (κ2) is 14.8. The molecule has 0 spiro atoms. The summed E-state index contributed by atoms with van der Waals surface area (Å²) in [5.41, 5.74) is 6.61.